The lowest BCUT2D eigenvalue weighted by Gasteiger charge is -2.23. The summed E-state index contributed by atoms with van der Waals surface area (Å²) < 4.78 is 0. The molecular weight excluding hydrogens is 248 g/mol. The van der Waals surface area contributed by atoms with Gasteiger partial charge in [0.05, 0.1) is 0 Å². The van der Waals surface area contributed by atoms with E-state index in [0.717, 1.165) is 25.1 Å². The van der Waals surface area contributed by atoms with Gasteiger partial charge in [0.15, 0.2) is 0 Å². The van der Waals surface area contributed by atoms with Crippen molar-refractivity contribution in [3.63, 3.8) is 0 Å². The predicted molar refractivity (Wildman–Crippen MR) is 73.9 cm³/mol. The van der Waals surface area contributed by atoms with Crippen LogP contribution < -0.4 is 5.73 Å². The first-order chi connectivity index (χ1) is 8.47. The summed E-state index contributed by atoms with van der Waals surface area (Å²) in [5.41, 5.74) is 7.37. The Kier molecular flexibility index (Phi) is 3.64. The first kappa shape index (κ1) is 13.4. The van der Waals surface area contributed by atoms with E-state index in [4.69, 9.17) is 17.3 Å². The van der Waals surface area contributed by atoms with Gasteiger partial charge in [-0.25, -0.2) is 0 Å². The normalized spacial score (nSPS) is 23.4. The fourth-order valence-corrected chi connectivity index (χ4v) is 2.55. The number of carbonyl (C=O) groups is 1. The zero-order valence-corrected chi connectivity index (χ0v) is 11.6. The molecule has 1 fully saturated rings. The van der Waals surface area contributed by atoms with Gasteiger partial charge in [0, 0.05) is 23.7 Å². The fraction of sp³-hybridized carbons (Fsp3) is 0.500. The number of hydrogen-bond donors (Lipinski definition) is 1. The molecule has 0 aliphatic carbocycles. The number of nitrogens with zero attached hydrogens (tertiary/aromatic N) is 1. The van der Waals surface area contributed by atoms with Gasteiger partial charge < -0.3 is 10.6 Å². The van der Waals surface area contributed by atoms with Crippen LogP contribution in [0.5, 0.6) is 0 Å². The molecular formula is C14H19ClN2O. The Hall–Kier alpha value is -1.06. The number of amides is 1. The quantitative estimate of drug-likeness (QED) is 0.894. The molecule has 1 aromatic rings. The molecule has 1 heterocycles. The largest absolute Gasteiger partial charge is 0.338 e. The van der Waals surface area contributed by atoms with Crippen molar-refractivity contribution in [2.24, 2.45) is 11.1 Å². The van der Waals surface area contributed by atoms with E-state index in [1.807, 2.05) is 30.0 Å². The van der Waals surface area contributed by atoms with Crippen molar-refractivity contribution in [3.05, 3.63) is 34.3 Å². The van der Waals surface area contributed by atoms with Crippen LogP contribution in [0.1, 0.15) is 29.3 Å². The van der Waals surface area contributed by atoms with E-state index in [1.54, 1.807) is 0 Å². The molecule has 0 spiro atoms. The molecule has 1 atom stereocenters. The second kappa shape index (κ2) is 4.90. The average Bonchev–Trinajstić information content (AvgIpc) is 2.75. The summed E-state index contributed by atoms with van der Waals surface area (Å²) >= 11 is 6.06. The van der Waals surface area contributed by atoms with Crippen LogP contribution in [0, 0.1) is 12.3 Å². The third-order valence-electron chi connectivity index (χ3n) is 3.84. The lowest BCUT2D eigenvalue weighted by atomic mass is 9.90. The third kappa shape index (κ3) is 2.38. The maximum Gasteiger partial charge on any atom is 0.254 e. The lowest BCUT2D eigenvalue weighted by Crippen LogP contribution is -2.34. The predicted octanol–water partition coefficient (Wildman–Crippen LogP) is 2.46. The first-order valence-electron chi connectivity index (χ1n) is 6.21. The van der Waals surface area contributed by atoms with Gasteiger partial charge in [-0.1, -0.05) is 24.6 Å². The van der Waals surface area contributed by atoms with Gasteiger partial charge in [-0.05, 0) is 43.0 Å². The molecule has 0 saturated carbocycles. The molecule has 0 radical (unpaired) electrons. The van der Waals surface area contributed by atoms with E-state index >= 15 is 0 Å². The van der Waals surface area contributed by atoms with Crippen LogP contribution in [0.25, 0.3) is 0 Å². The first-order valence-corrected chi connectivity index (χ1v) is 6.59. The van der Waals surface area contributed by atoms with E-state index < -0.39 is 0 Å². The number of halogens is 1. The number of benzene rings is 1. The molecule has 1 aromatic carbocycles. The van der Waals surface area contributed by atoms with Crippen molar-refractivity contribution < 1.29 is 4.79 Å². The maximum absolute atomic E-state index is 12.5. The summed E-state index contributed by atoms with van der Waals surface area (Å²) in [6.45, 7) is 6.14. The zero-order chi connectivity index (χ0) is 13.3. The summed E-state index contributed by atoms with van der Waals surface area (Å²) in [6.07, 6.45) is 0.967. The molecule has 18 heavy (non-hydrogen) atoms. The summed E-state index contributed by atoms with van der Waals surface area (Å²) in [5.74, 6) is 0.0622. The molecule has 4 heteroatoms. The summed E-state index contributed by atoms with van der Waals surface area (Å²) in [4.78, 5) is 14.3. The smallest absolute Gasteiger partial charge is 0.254 e. The van der Waals surface area contributed by atoms with Gasteiger partial charge >= 0.3 is 0 Å². The van der Waals surface area contributed by atoms with Crippen LogP contribution in [0.4, 0.5) is 0 Å². The van der Waals surface area contributed by atoms with E-state index in [1.165, 1.54) is 0 Å². The third-order valence-corrected chi connectivity index (χ3v) is 4.25. The van der Waals surface area contributed by atoms with E-state index in [0.29, 0.717) is 17.1 Å². The van der Waals surface area contributed by atoms with Crippen molar-refractivity contribution in [1.29, 1.82) is 0 Å². The minimum Gasteiger partial charge on any atom is -0.338 e. The average molecular weight is 267 g/mol. The van der Waals surface area contributed by atoms with Crippen molar-refractivity contribution >= 4 is 17.5 Å². The van der Waals surface area contributed by atoms with Gasteiger partial charge in [0.1, 0.15) is 0 Å². The second-order valence-electron chi connectivity index (χ2n) is 5.40. The molecule has 3 nitrogen and oxygen atoms in total. The van der Waals surface area contributed by atoms with Gasteiger partial charge in [0.2, 0.25) is 0 Å². The maximum atomic E-state index is 12.5. The number of likely N-dealkylation sites (tertiary alicyclic amines) is 1. The SMILES string of the molecule is Cc1c(Cl)cccc1C(=O)N1CCC(C)(CN)C1. The van der Waals surface area contributed by atoms with Crippen molar-refractivity contribution in [3.8, 4) is 0 Å². The molecule has 98 valence electrons. The highest BCUT2D eigenvalue weighted by molar-refractivity contribution is 6.31. The van der Waals surface area contributed by atoms with Gasteiger partial charge in [-0.2, -0.15) is 0 Å². The van der Waals surface area contributed by atoms with Crippen LogP contribution in [-0.2, 0) is 0 Å². The molecule has 0 bridgehead atoms. The number of carbonyl (C=O) groups excluding carboxylic acids is 1. The highest BCUT2D eigenvalue weighted by Gasteiger charge is 2.35. The molecule has 1 aliphatic rings. The number of rotatable bonds is 2. The molecule has 1 amide bonds. The standard InChI is InChI=1S/C14H19ClN2O/c1-10-11(4-3-5-12(10)15)13(18)17-7-6-14(2,8-16)9-17/h3-5H,6-9,16H2,1-2H3. The van der Waals surface area contributed by atoms with E-state index in [2.05, 4.69) is 6.92 Å². The van der Waals surface area contributed by atoms with Gasteiger partial charge in [0.25, 0.3) is 5.91 Å². The Bertz CT molecular complexity index is 475. The zero-order valence-electron chi connectivity index (χ0n) is 10.9. The minimum atomic E-state index is 0.0577. The Morgan fingerprint density at radius 1 is 1.56 bits per heavy atom. The Balaban J connectivity index is 2.21. The highest BCUT2D eigenvalue weighted by Crippen LogP contribution is 2.30. The van der Waals surface area contributed by atoms with E-state index in [9.17, 15) is 4.79 Å². The van der Waals surface area contributed by atoms with Crippen LogP contribution in [0.15, 0.2) is 18.2 Å². The molecule has 1 aliphatic heterocycles. The number of hydrogen-bond acceptors (Lipinski definition) is 2. The molecule has 2 rings (SSSR count). The summed E-state index contributed by atoms with van der Waals surface area (Å²) in [5, 5.41) is 0.640. The molecule has 2 N–H and O–H groups in total. The minimum absolute atomic E-state index is 0.0577. The van der Waals surface area contributed by atoms with Gasteiger partial charge in [-0.15, -0.1) is 0 Å². The molecule has 1 unspecified atom stereocenters. The molecule has 0 aromatic heterocycles. The van der Waals surface area contributed by atoms with Crippen LogP contribution >= 0.6 is 11.6 Å². The second-order valence-corrected chi connectivity index (χ2v) is 5.81. The fourth-order valence-electron chi connectivity index (χ4n) is 2.37. The Morgan fingerprint density at radius 3 is 2.89 bits per heavy atom. The monoisotopic (exact) mass is 266 g/mol. The highest BCUT2D eigenvalue weighted by atomic mass is 35.5. The van der Waals surface area contributed by atoms with Crippen molar-refractivity contribution in [2.45, 2.75) is 20.3 Å². The number of nitrogens with two attached hydrogens (primary N) is 1. The van der Waals surface area contributed by atoms with Gasteiger partial charge in [-0.3, -0.25) is 4.79 Å². The Morgan fingerprint density at radius 2 is 2.28 bits per heavy atom. The summed E-state index contributed by atoms with van der Waals surface area (Å²) in [6, 6.07) is 5.46. The van der Waals surface area contributed by atoms with Crippen LogP contribution in [0.2, 0.25) is 5.02 Å². The van der Waals surface area contributed by atoms with Crippen molar-refractivity contribution in [1.82, 2.24) is 4.90 Å². The van der Waals surface area contributed by atoms with Crippen molar-refractivity contribution in [2.75, 3.05) is 19.6 Å². The van der Waals surface area contributed by atoms with Crippen LogP contribution in [-0.4, -0.2) is 30.4 Å². The molecule has 1 saturated heterocycles. The van der Waals surface area contributed by atoms with E-state index in [-0.39, 0.29) is 11.3 Å². The summed E-state index contributed by atoms with van der Waals surface area (Å²) in [7, 11) is 0. The lowest BCUT2D eigenvalue weighted by molar-refractivity contribution is 0.0776. The Labute approximate surface area is 113 Å². The topological polar surface area (TPSA) is 46.3 Å². The van der Waals surface area contributed by atoms with Crippen LogP contribution in [0.3, 0.4) is 0 Å².